The van der Waals surface area contributed by atoms with E-state index in [0.717, 1.165) is 0 Å². The van der Waals surface area contributed by atoms with Crippen molar-refractivity contribution in [3.63, 3.8) is 0 Å². The average molecular weight is 500 g/mol. The van der Waals surface area contributed by atoms with Crippen LogP contribution in [0.15, 0.2) is 58.1 Å². The molecular weight excluding hydrogens is 481 g/mol. The molecule has 1 N–H and O–H groups in total. The maximum Gasteiger partial charge on any atom is 0.283 e. The monoisotopic (exact) mass is 499 g/mol. The number of benzene rings is 2. The lowest BCUT2D eigenvalue weighted by Gasteiger charge is -2.26. The minimum atomic E-state index is -0.516. The van der Waals surface area contributed by atoms with Crippen LogP contribution in [0, 0.1) is 11.2 Å². The second-order valence-corrected chi connectivity index (χ2v) is 8.91. The van der Waals surface area contributed by atoms with Crippen molar-refractivity contribution in [2.45, 2.75) is 6.61 Å². The van der Waals surface area contributed by atoms with Crippen molar-refractivity contribution < 1.29 is 18.7 Å². The Hall–Kier alpha value is -3.21. The molecule has 8 nitrogen and oxygen atoms in total. The van der Waals surface area contributed by atoms with Crippen molar-refractivity contribution in [2.75, 3.05) is 26.3 Å². The number of amidine groups is 3. The van der Waals surface area contributed by atoms with Crippen molar-refractivity contribution in [1.82, 2.24) is 9.91 Å². The third-order valence-corrected chi connectivity index (χ3v) is 6.60. The minimum absolute atomic E-state index is 0.0313. The van der Waals surface area contributed by atoms with Gasteiger partial charge in [-0.2, -0.15) is 10.0 Å². The summed E-state index contributed by atoms with van der Waals surface area (Å²) in [5.41, 5.74) is 1.12. The first-order valence-electron chi connectivity index (χ1n) is 10.5. The molecule has 0 radical (unpaired) electrons. The number of ether oxygens (including phenoxy) is 2. The third-order valence-electron chi connectivity index (χ3n) is 5.33. The van der Waals surface area contributed by atoms with Crippen LogP contribution in [0.4, 0.5) is 4.39 Å². The van der Waals surface area contributed by atoms with Gasteiger partial charge in [-0.3, -0.25) is 10.2 Å². The van der Waals surface area contributed by atoms with Gasteiger partial charge in [-0.25, -0.2) is 4.39 Å². The quantitative estimate of drug-likeness (QED) is 0.640. The molecule has 0 unspecified atom stereocenters. The predicted molar refractivity (Wildman–Crippen MR) is 130 cm³/mol. The number of rotatable bonds is 4. The number of amides is 1. The van der Waals surface area contributed by atoms with E-state index in [1.165, 1.54) is 22.8 Å². The van der Waals surface area contributed by atoms with E-state index in [9.17, 15) is 9.18 Å². The van der Waals surface area contributed by atoms with Gasteiger partial charge in [0.25, 0.3) is 5.91 Å². The van der Waals surface area contributed by atoms with Gasteiger partial charge in [0.1, 0.15) is 18.2 Å². The molecule has 5 rings (SSSR count). The van der Waals surface area contributed by atoms with Crippen LogP contribution in [0.3, 0.4) is 0 Å². The Morgan fingerprint density at radius 3 is 2.76 bits per heavy atom. The molecule has 0 atom stereocenters. The predicted octanol–water partition coefficient (Wildman–Crippen LogP) is 3.97. The zero-order chi connectivity index (χ0) is 23.7. The van der Waals surface area contributed by atoms with Gasteiger partial charge in [0.2, 0.25) is 5.17 Å². The van der Waals surface area contributed by atoms with E-state index in [2.05, 4.69) is 15.0 Å². The largest absolute Gasteiger partial charge is 0.487 e. The van der Waals surface area contributed by atoms with Crippen LogP contribution in [-0.4, -0.2) is 58.3 Å². The van der Waals surface area contributed by atoms with E-state index in [0.29, 0.717) is 58.5 Å². The SMILES string of the molecule is N=C1/C(=C\c2ccc(OCc3ccccc3F)c(Cl)c2)C(=O)N=C2SC(N3CCOCC3)=NN12. The molecule has 2 aromatic rings. The first-order valence-corrected chi connectivity index (χ1v) is 11.7. The summed E-state index contributed by atoms with van der Waals surface area (Å²) in [5.74, 6) is -0.540. The van der Waals surface area contributed by atoms with Gasteiger partial charge in [0.15, 0.2) is 11.0 Å². The highest BCUT2D eigenvalue weighted by molar-refractivity contribution is 8.26. The number of aliphatic imine (C=N–C) groups is 1. The van der Waals surface area contributed by atoms with Crippen molar-refractivity contribution in [3.8, 4) is 5.75 Å². The molecule has 3 heterocycles. The fourth-order valence-corrected chi connectivity index (χ4v) is 4.71. The number of carbonyl (C=O) groups excluding carboxylic acids is 1. The van der Waals surface area contributed by atoms with E-state index >= 15 is 0 Å². The molecule has 0 spiro atoms. The zero-order valence-corrected chi connectivity index (χ0v) is 19.4. The van der Waals surface area contributed by atoms with Crippen LogP contribution in [0.1, 0.15) is 11.1 Å². The van der Waals surface area contributed by atoms with Gasteiger partial charge in [-0.05, 0) is 41.6 Å². The lowest BCUT2D eigenvalue weighted by molar-refractivity contribution is -0.114. The summed E-state index contributed by atoms with van der Waals surface area (Å²) >= 11 is 7.62. The number of hydrazone groups is 1. The lowest BCUT2D eigenvalue weighted by Crippen LogP contribution is -2.39. The van der Waals surface area contributed by atoms with E-state index in [-0.39, 0.29) is 23.8 Å². The molecule has 34 heavy (non-hydrogen) atoms. The third kappa shape index (κ3) is 4.56. The van der Waals surface area contributed by atoms with Crippen LogP contribution in [0.25, 0.3) is 6.08 Å². The van der Waals surface area contributed by atoms with Crippen LogP contribution in [-0.2, 0) is 16.1 Å². The van der Waals surface area contributed by atoms with Gasteiger partial charge < -0.3 is 14.4 Å². The van der Waals surface area contributed by atoms with Crippen LogP contribution in [0.2, 0.25) is 5.02 Å². The molecule has 0 aliphatic carbocycles. The van der Waals surface area contributed by atoms with Gasteiger partial charge in [0, 0.05) is 18.7 Å². The van der Waals surface area contributed by atoms with Crippen LogP contribution >= 0.6 is 23.4 Å². The molecule has 11 heteroatoms. The Kier molecular flexibility index (Phi) is 6.36. The molecule has 3 aliphatic rings. The Balaban J connectivity index is 1.33. The molecule has 0 bridgehead atoms. The second kappa shape index (κ2) is 9.57. The lowest BCUT2D eigenvalue weighted by atomic mass is 10.1. The molecule has 1 fully saturated rings. The molecule has 0 aromatic heterocycles. The van der Waals surface area contributed by atoms with Gasteiger partial charge in [0.05, 0.1) is 23.8 Å². The number of fused-ring (bicyclic) bond motifs is 1. The summed E-state index contributed by atoms with van der Waals surface area (Å²) in [6.45, 7) is 2.63. The molecular formula is C23H19ClFN5O3S. The smallest absolute Gasteiger partial charge is 0.283 e. The van der Waals surface area contributed by atoms with E-state index in [4.69, 9.17) is 26.5 Å². The van der Waals surface area contributed by atoms with Crippen molar-refractivity contribution in [1.29, 1.82) is 5.41 Å². The molecule has 174 valence electrons. The van der Waals surface area contributed by atoms with Gasteiger partial charge in [-0.15, -0.1) is 5.10 Å². The first-order chi connectivity index (χ1) is 16.5. The van der Waals surface area contributed by atoms with Crippen molar-refractivity contribution >= 4 is 51.5 Å². The summed E-state index contributed by atoms with van der Waals surface area (Å²) in [4.78, 5) is 18.8. The highest BCUT2D eigenvalue weighted by atomic mass is 35.5. The fraction of sp³-hybridized carbons (Fsp3) is 0.217. The summed E-state index contributed by atoms with van der Waals surface area (Å²) in [5, 5.41) is 15.8. The van der Waals surface area contributed by atoms with E-state index < -0.39 is 5.91 Å². The summed E-state index contributed by atoms with van der Waals surface area (Å²) in [6, 6.07) is 11.3. The topological polar surface area (TPSA) is 90.6 Å². The number of hydrogen-bond donors (Lipinski definition) is 1. The highest BCUT2D eigenvalue weighted by Gasteiger charge is 2.37. The number of hydrogen-bond acceptors (Lipinski definition) is 7. The normalized spacial score (nSPS) is 19.3. The van der Waals surface area contributed by atoms with E-state index in [1.807, 2.05) is 0 Å². The second-order valence-electron chi connectivity index (χ2n) is 7.57. The Morgan fingerprint density at radius 2 is 2.00 bits per heavy atom. The standard InChI is InChI=1S/C23H19ClFN5O3S/c24-17-12-14(5-6-19(17)33-13-15-3-1-2-4-18(15)25)11-16-20(26)30-22(27-21(16)31)34-23(28-30)29-7-9-32-10-8-29/h1-6,11-12,26H,7-10,13H2/b16-11+,26-20?. The summed E-state index contributed by atoms with van der Waals surface area (Å²) < 4.78 is 24.8. The number of halogens is 2. The van der Waals surface area contributed by atoms with E-state index in [1.54, 1.807) is 42.5 Å². The molecule has 1 amide bonds. The number of thioether (sulfide) groups is 1. The maximum atomic E-state index is 13.8. The number of nitrogens with zero attached hydrogens (tertiary/aromatic N) is 4. The van der Waals surface area contributed by atoms with Crippen LogP contribution < -0.4 is 4.74 Å². The Morgan fingerprint density at radius 1 is 1.21 bits per heavy atom. The Labute approximate surface area is 204 Å². The fourth-order valence-electron chi connectivity index (χ4n) is 3.53. The summed E-state index contributed by atoms with van der Waals surface area (Å²) in [7, 11) is 0. The highest BCUT2D eigenvalue weighted by Crippen LogP contribution is 2.31. The van der Waals surface area contributed by atoms with Crippen LogP contribution in [0.5, 0.6) is 5.75 Å². The Bertz CT molecular complexity index is 1260. The number of morpholine rings is 1. The average Bonchev–Trinajstić information content (AvgIpc) is 3.27. The zero-order valence-electron chi connectivity index (χ0n) is 17.8. The minimum Gasteiger partial charge on any atom is -0.487 e. The van der Waals surface area contributed by atoms with Crippen molar-refractivity contribution in [2.24, 2.45) is 10.1 Å². The molecule has 2 aromatic carbocycles. The number of carbonyl (C=O) groups is 1. The number of nitrogens with one attached hydrogen (secondary N) is 1. The first kappa shape index (κ1) is 22.6. The molecule has 1 saturated heterocycles. The molecule has 3 aliphatic heterocycles. The van der Waals surface area contributed by atoms with Gasteiger partial charge in [-0.1, -0.05) is 35.9 Å². The summed E-state index contributed by atoms with van der Waals surface area (Å²) in [6.07, 6.45) is 1.55. The maximum absolute atomic E-state index is 13.8. The van der Waals surface area contributed by atoms with Gasteiger partial charge >= 0.3 is 0 Å². The molecule has 0 saturated carbocycles. The van der Waals surface area contributed by atoms with Crippen molar-refractivity contribution in [3.05, 3.63) is 70.0 Å².